The SMILES string of the molecule is CCCN(C)c1ncc(CC(C)N)cc1C. The number of hydrogen-bond acceptors (Lipinski definition) is 3. The fourth-order valence-corrected chi connectivity index (χ4v) is 1.95. The average molecular weight is 221 g/mol. The molecule has 0 aliphatic carbocycles. The van der Waals surface area contributed by atoms with Crippen molar-refractivity contribution in [3.63, 3.8) is 0 Å². The van der Waals surface area contributed by atoms with Crippen LogP contribution in [0.5, 0.6) is 0 Å². The van der Waals surface area contributed by atoms with Crippen LogP contribution in [0, 0.1) is 6.92 Å². The van der Waals surface area contributed by atoms with Crippen molar-refractivity contribution >= 4 is 5.82 Å². The lowest BCUT2D eigenvalue weighted by atomic mass is 10.1. The van der Waals surface area contributed by atoms with Gasteiger partial charge in [0.05, 0.1) is 0 Å². The van der Waals surface area contributed by atoms with Crippen molar-refractivity contribution in [2.24, 2.45) is 5.73 Å². The molecule has 2 N–H and O–H groups in total. The first-order valence-electron chi connectivity index (χ1n) is 5.96. The van der Waals surface area contributed by atoms with Crippen LogP contribution in [0.25, 0.3) is 0 Å². The number of rotatable bonds is 5. The summed E-state index contributed by atoms with van der Waals surface area (Å²) in [6.07, 6.45) is 3.97. The minimum atomic E-state index is 0.195. The zero-order valence-corrected chi connectivity index (χ0v) is 10.8. The van der Waals surface area contributed by atoms with Gasteiger partial charge in [-0.1, -0.05) is 13.0 Å². The van der Waals surface area contributed by atoms with Crippen LogP contribution in [0.15, 0.2) is 12.3 Å². The van der Waals surface area contributed by atoms with E-state index in [1.807, 2.05) is 13.1 Å². The van der Waals surface area contributed by atoms with E-state index in [-0.39, 0.29) is 6.04 Å². The van der Waals surface area contributed by atoms with Crippen LogP contribution in [0.1, 0.15) is 31.4 Å². The zero-order chi connectivity index (χ0) is 12.1. The van der Waals surface area contributed by atoms with Gasteiger partial charge in [-0.3, -0.25) is 0 Å². The first-order chi connectivity index (χ1) is 7.54. The number of aromatic nitrogens is 1. The van der Waals surface area contributed by atoms with Gasteiger partial charge in [-0.25, -0.2) is 4.98 Å². The van der Waals surface area contributed by atoms with Gasteiger partial charge in [0.25, 0.3) is 0 Å². The summed E-state index contributed by atoms with van der Waals surface area (Å²) in [7, 11) is 2.09. The Morgan fingerprint density at radius 2 is 2.19 bits per heavy atom. The summed E-state index contributed by atoms with van der Waals surface area (Å²) < 4.78 is 0. The molecule has 90 valence electrons. The van der Waals surface area contributed by atoms with Crippen molar-refractivity contribution in [3.05, 3.63) is 23.4 Å². The van der Waals surface area contributed by atoms with E-state index in [4.69, 9.17) is 5.73 Å². The maximum absolute atomic E-state index is 5.78. The lowest BCUT2D eigenvalue weighted by Crippen LogP contribution is -2.21. The Morgan fingerprint density at radius 1 is 1.50 bits per heavy atom. The van der Waals surface area contributed by atoms with Crippen LogP contribution in [0.2, 0.25) is 0 Å². The van der Waals surface area contributed by atoms with Gasteiger partial charge < -0.3 is 10.6 Å². The number of pyridine rings is 1. The summed E-state index contributed by atoms with van der Waals surface area (Å²) in [5.74, 6) is 1.08. The topological polar surface area (TPSA) is 42.2 Å². The Kier molecular flexibility index (Phi) is 4.74. The third-order valence-electron chi connectivity index (χ3n) is 2.59. The molecule has 0 bridgehead atoms. The van der Waals surface area contributed by atoms with Crippen molar-refractivity contribution < 1.29 is 0 Å². The van der Waals surface area contributed by atoms with Gasteiger partial charge >= 0.3 is 0 Å². The smallest absolute Gasteiger partial charge is 0.131 e. The molecule has 0 saturated carbocycles. The van der Waals surface area contributed by atoms with E-state index in [0.29, 0.717) is 0 Å². The van der Waals surface area contributed by atoms with Crippen LogP contribution < -0.4 is 10.6 Å². The standard InChI is InChI=1S/C13H23N3/c1-5-6-16(4)13-10(2)7-12(9-15-13)8-11(3)14/h7,9,11H,5-6,8,14H2,1-4H3. The number of hydrogen-bond donors (Lipinski definition) is 1. The molecule has 0 radical (unpaired) electrons. The monoisotopic (exact) mass is 221 g/mol. The van der Waals surface area contributed by atoms with E-state index >= 15 is 0 Å². The molecule has 0 aliphatic rings. The lowest BCUT2D eigenvalue weighted by Gasteiger charge is -2.20. The Morgan fingerprint density at radius 3 is 2.69 bits per heavy atom. The van der Waals surface area contributed by atoms with Crippen molar-refractivity contribution in [2.75, 3.05) is 18.5 Å². The van der Waals surface area contributed by atoms with E-state index in [1.54, 1.807) is 0 Å². The van der Waals surface area contributed by atoms with E-state index in [2.05, 4.69) is 36.8 Å². The quantitative estimate of drug-likeness (QED) is 0.828. The van der Waals surface area contributed by atoms with Gasteiger partial charge in [0.1, 0.15) is 5.82 Å². The third-order valence-corrected chi connectivity index (χ3v) is 2.59. The molecule has 0 spiro atoms. The van der Waals surface area contributed by atoms with E-state index < -0.39 is 0 Å². The van der Waals surface area contributed by atoms with Crippen LogP contribution in [-0.4, -0.2) is 24.6 Å². The molecule has 1 rings (SSSR count). The predicted octanol–water partition coefficient (Wildman–Crippen LogP) is 2.13. The molecule has 0 aromatic carbocycles. The van der Waals surface area contributed by atoms with Crippen molar-refractivity contribution in [3.8, 4) is 0 Å². The highest BCUT2D eigenvalue weighted by molar-refractivity contribution is 5.46. The second-order valence-electron chi connectivity index (χ2n) is 4.59. The normalized spacial score (nSPS) is 12.6. The summed E-state index contributed by atoms with van der Waals surface area (Å²) in [4.78, 5) is 6.72. The molecular formula is C13H23N3. The largest absolute Gasteiger partial charge is 0.359 e. The Labute approximate surface area is 98.7 Å². The van der Waals surface area contributed by atoms with E-state index in [0.717, 1.165) is 25.2 Å². The van der Waals surface area contributed by atoms with Crippen molar-refractivity contribution in [1.82, 2.24) is 4.98 Å². The predicted molar refractivity (Wildman–Crippen MR) is 69.9 cm³/mol. The zero-order valence-electron chi connectivity index (χ0n) is 10.8. The van der Waals surface area contributed by atoms with Crippen molar-refractivity contribution in [1.29, 1.82) is 0 Å². The molecule has 3 heteroatoms. The second-order valence-corrected chi connectivity index (χ2v) is 4.59. The van der Waals surface area contributed by atoms with Crippen molar-refractivity contribution in [2.45, 2.75) is 39.7 Å². The fourth-order valence-electron chi connectivity index (χ4n) is 1.95. The van der Waals surface area contributed by atoms with Gasteiger partial charge in [-0.05, 0) is 37.8 Å². The lowest BCUT2D eigenvalue weighted by molar-refractivity contribution is 0.734. The van der Waals surface area contributed by atoms with Gasteiger partial charge in [0.2, 0.25) is 0 Å². The summed E-state index contributed by atoms with van der Waals surface area (Å²) in [5.41, 5.74) is 8.24. The molecule has 0 fully saturated rings. The highest BCUT2D eigenvalue weighted by atomic mass is 15.2. The summed E-state index contributed by atoms with van der Waals surface area (Å²) in [6, 6.07) is 2.39. The summed E-state index contributed by atoms with van der Waals surface area (Å²) in [5, 5.41) is 0. The van der Waals surface area contributed by atoms with Crippen LogP contribution in [0.3, 0.4) is 0 Å². The molecule has 0 aliphatic heterocycles. The molecule has 16 heavy (non-hydrogen) atoms. The molecule has 1 unspecified atom stereocenters. The first-order valence-corrected chi connectivity index (χ1v) is 5.96. The van der Waals surface area contributed by atoms with E-state index in [1.165, 1.54) is 11.1 Å². The number of anilines is 1. The molecule has 0 saturated heterocycles. The Balaban J connectivity index is 2.82. The number of nitrogens with zero attached hydrogens (tertiary/aromatic N) is 2. The molecule has 3 nitrogen and oxygen atoms in total. The number of nitrogens with two attached hydrogens (primary N) is 1. The summed E-state index contributed by atoms with van der Waals surface area (Å²) in [6.45, 7) is 7.35. The maximum atomic E-state index is 5.78. The molecule has 1 aromatic heterocycles. The van der Waals surface area contributed by atoms with Gasteiger partial charge in [-0.2, -0.15) is 0 Å². The maximum Gasteiger partial charge on any atom is 0.131 e. The summed E-state index contributed by atoms with van der Waals surface area (Å²) >= 11 is 0. The molecule has 1 heterocycles. The first kappa shape index (κ1) is 13.0. The molecular weight excluding hydrogens is 198 g/mol. The highest BCUT2D eigenvalue weighted by Gasteiger charge is 2.07. The fraction of sp³-hybridized carbons (Fsp3) is 0.615. The van der Waals surface area contributed by atoms with Crippen LogP contribution in [0.4, 0.5) is 5.82 Å². The average Bonchev–Trinajstić information content (AvgIpc) is 2.16. The molecule has 0 amide bonds. The van der Waals surface area contributed by atoms with Gasteiger partial charge in [0, 0.05) is 25.8 Å². The Bertz CT molecular complexity index is 334. The molecule has 1 aromatic rings. The van der Waals surface area contributed by atoms with E-state index in [9.17, 15) is 0 Å². The van der Waals surface area contributed by atoms with Crippen LogP contribution >= 0.6 is 0 Å². The second kappa shape index (κ2) is 5.85. The minimum Gasteiger partial charge on any atom is -0.359 e. The highest BCUT2D eigenvalue weighted by Crippen LogP contribution is 2.17. The molecule has 1 atom stereocenters. The van der Waals surface area contributed by atoms with Gasteiger partial charge in [0.15, 0.2) is 0 Å². The third kappa shape index (κ3) is 3.49. The van der Waals surface area contributed by atoms with Crippen LogP contribution in [-0.2, 0) is 6.42 Å². The van der Waals surface area contributed by atoms with Gasteiger partial charge in [-0.15, -0.1) is 0 Å². The Hall–Kier alpha value is -1.09. The number of aryl methyl sites for hydroxylation is 1. The minimum absolute atomic E-state index is 0.195.